The summed E-state index contributed by atoms with van der Waals surface area (Å²) in [5.41, 5.74) is -1.50. The van der Waals surface area contributed by atoms with Crippen LogP contribution in [0.3, 0.4) is 0 Å². The lowest BCUT2D eigenvalue weighted by molar-refractivity contribution is -0.145. The van der Waals surface area contributed by atoms with E-state index in [1.54, 1.807) is 19.9 Å². The third kappa shape index (κ3) is 3.67. The highest BCUT2D eigenvalue weighted by molar-refractivity contribution is 5.93. The van der Waals surface area contributed by atoms with Gasteiger partial charge in [0, 0.05) is 11.8 Å². The lowest BCUT2D eigenvalue weighted by atomic mass is 9.74. The second-order valence-corrected chi connectivity index (χ2v) is 7.37. The van der Waals surface area contributed by atoms with Gasteiger partial charge in [-0.3, -0.25) is 14.4 Å². The molecule has 1 aliphatic rings. The van der Waals surface area contributed by atoms with Crippen LogP contribution in [0.5, 0.6) is 0 Å². The van der Waals surface area contributed by atoms with Gasteiger partial charge in [0.25, 0.3) is 5.91 Å². The minimum atomic E-state index is -0.983. The number of nitrogens with one attached hydrogen (secondary N) is 1. The Labute approximate surface area is 161 Å². The summed E-state index contributed by atoms with van der Waals surface area (Å²) in [5.74, 6) is -3.03. The Morgan fingerprint density at radius 1 is 1.32 bits per heavy atom. The predicted octanol–water partition coefficient (Wildman–Crippen LogP) is 2.44. The van der Waals surface area contributed by atoms with E-state index in [0.717, 1.165) is 12.8 Å². The zero-order valence-corrected chi connectivity index (χ0v) is 15.7. The van der Waals surface area contributed by atoms with E-state index < -0.39 is 40.3 Å². The first-order valence-corrected chi connectivity index (χ1v) is 9.14. The number of amides is 1. The van der Waals surface area contributed by atoms with E-state index in [-0.39, 0.29) is 5.69 Å². The van der Waals surface area contributed by atoms with Crippen LogP contribution in [0.1, 0.15) is 48.8 Å². The number of halogens is 1. The maximum atomic E-state index is 14.2. The molecule has 28 heavy (non-hydrogen) atoms. The molecule has 0 radical (unpaired) electrons. The number of nitrogens with zero attached hydrogens (tertiary/aromatic N) is 2. The van der Waals surface area contributed by atoms with Gasteiger partial charge >= 0.3 is 5.97 Å². The summed E-state index contributed by atoms with van der Waals surface area (Å²) in [5, 5.41) is 16.3. The molecule has 2 N–H and O–H groups in total. The van der Waals surface area contributed by atoms with Crippen LogP contribution in [0.15, 0.2) is 35.1 Å². The van der Waals surface area contributed by atoms with E-state index in [0.29, 0.717) is 18.5 Å². The lowest BCUT2D eigenvalue weighted by Crippen LogP contribution is -2.56. The summed E-state index contributed by atoms with van der Waals surface area (Å²) in [6.07, 6.45) is 2.49. The van der Waals surface area contributed by atoms with Crippen LogP contribution in [0.2, 0.25) is 0 Å². The van der Waals surface area contributed by atoms with Crippen molar-refractivity contribution in [2.75, 3.05) is 0 Å². The number of rotatable bonds is 4. The van der Waals surface area contributed by atoms with E-state index in [4.69, 9.17) is 0 Å². The Kier molecular flexibility index (Phi) is 5.31. The molecule has 1 saturated carbocycles. The Morgan fingerprint density at radius 2 is 2.04 bits per heavy atom. The second kappa shape index (κ2) is 7.53. The average Bonchev–Trinajstić information content (AvgIpc) is 2.62. The Bertz CT molecular complexity index is 988. The molecule has 2 aromatic rings. The molecular weight excluding hydrogens is 365 g/mol. The topological polar surface area (TPSA) is 101 Å². The van der Waals surface area contributed by atoms with Crippen molar-refractivity contribution in [2.45, 2.75) is 45.1 Å². The van der Waals surface area contributed by atoms with E-state index in [9.17, 15) is 23.9 Å². The highest BCUT2D eigenvalue weighted by atomic mass is 19.1. The van der Waals surface area contributed by atoms with Gasteiger partial charge < -0.3 is 10.4 Å². The first-order valence-electron chi connectivity index (χ1n) is 9.14. The summed E-state index contributed by atoms with van der Waals surface area (Å²) in [7, 11) is 0. The summed E-state index contributed by atoms with van der Waals surface area (Å²) in [6.45, 7) is 3.26. The van der Waals surface area contributed by atoms with Crippen LogP contribution in [0.25, 0.3) is 5.69 Å². The zero-order valence-electron chi connectivity index (χ0n) is 15.7. The third-order valence-electron chi connectivity index (χ3n) is 5.31. The molecule has 0 spiro atoms. The SMILES string of the molecule is Cc1cc(=O)c(C(=O)NC2(C)CCCCC2C(=O)O)nn1-c1ccccc1F. The van der Waals surface area contributed by atoms with Crippen LogP contribution >= 0.6 is 0 Å². The molecule has 7 nitrogen and oxygen atoms in total. The largest absolute Gasteiger partial charge is 0.481 e. The van der Waals surface area contributed by atoms with Crippen LogP contribution in [-0.2, 0) is 4.79 Å². The highest BCUT2D eigenvalue weighted by Crippen LogP contribution is 2.34. The first kappa shape index (κ1) is 19.7. The second-order valence-electron chi connectivity index (χ2n) is 7.37. The van der Waals surface area contributed by atoms with Crippen molar-refractivity contribution >= 4 is 11.9 Å². The van der Waals surface area contributed by atoms with Gasteiger partial charge in [-0.1, -0.05) is 25.0 Å². The van der Waals surface area contributed by atoms with Gasteiger partial charge in [-0.2, -0.15) is 5.10 Å². The van der Waals surface area contributed by atoms with Crippen molar-refractivity contribution in [2.24, 2.45) is 5.92 Å². The summed E-state index contributed by atoms with van der Waals surface area (Å²) < 4.78 is 15.4. The van der Waals surface area contributed by atoms with Crippen LogP contribution in [0.4, 0.5) is 4.39 Å². The van der Waals surface area contributed by atoms with E-state index in [1.165, 1.54) is 28.9 Å². The van der Waals surface area contributed by atoms with Crippen LogP contribution in [-0.4, -0.2) is 32.3 Å². The monoisotopic (exact) mass is 387 g/mol. The van der Waals surface area contributed by atoms with Gasteiger partial charge in [0.1, 0.15) is 11.5 Å². The number of carboxylic acids is 1. The summed E-state index contributed by atoms with van der Waals surface area (Å²) in [6, 6.07) is 7.11. The van der Waals surface area contributed by atoms with Gasteiger partial charge in [0.05, 0.1) is 11.5 Å². The van der Waals surface area contributed by atoms with Crippen molar-refractivity contribution in [3.63, 3.8) is 0 Å². The minimum Gasteiger partial charge on any atom is -0.481 e. The quantitative estimate of drug-likeness (QED) is 0.839. The fraction of sp³-hybridized carbons (Fsp3) is 0.400. The summed E-state index contributed by atoms with van der Waals surface area (Å²) >= 11 is 0. The highest BCUT2D eigenvalue weighted by Gasteiger charge is 2.42. The van der Waals surface area contributed by atoms with E-state index >= 15 is 0 Å². The molecule has 1 heterocycles. The molecular formula is C20H22FN3O4. The van der Waals surface area contributed by atoms with Crippen molar-refractivity contribution in [3.8, 4) is 5.69 Å². The maximum Gasteiger partial charge on any atom is 0.308 e. The average molecular weight is 387 g/mol. The number of carbonyl (C=O) groups excluding carboxylic acids is 1. The van der Waals surface area contributed by atoms with Gasteiger partial charge in [0.15, 0.2) is 5.69 Å². The number of hydrogen-bond acceptors (Lipinski definition) is 4. The smallest absolute Gasteiger partial charge is 0.308 e. The molecule has 1 amide bonds. The number of aromatic nitrogens is 2. The van der Waals surface area contributed by atoms with Gasteiger partial charge in [-0.25, -0.2) is 9.07 Å². The van der Waals surface area contributed by atoms with E-state index in [2.05, 4.69) is 10.4 Å². The first-order chi connectivity index (χ1) is 13.2. The molecule has 0 saturated heterocycles. The third-order valence-corrected chi connectivity index (χ3v) is 5.31. The summed E-state index contributed by atoms with van der Waals surface area (Å²) in [4.78, 5) is 36.8. The fourth-order valence-electron chi connectivity index (χ4n) is 3.77. The zero-order chi connectivity index (χ0) is 20.5. The number of aliphatic carboxylic acids is 1. The molecule has 2 atom stereocenters. The van der Waals surface area contributed by atoms with Crippen molar-refractivity contribution in [1.82, 2.24) is 15.1 Å². The molecule has 3 rings (SSSR count). The Balaban J connectivity index is 1.98. The number of hydrogen-bond donors (Lipinski definition) is 2. The van der Waals surface area contributed by atoms with E-state index in [1.807, 2.05) is 0 Å². The van der Waals surface area contributed by atoms with Crippen molar-refractivity contribution in [3.05, 3.63) is 57.8 Å². The molecule has 1 aromatic carbocycles. The Hall–Kier alpha value is -3.03. The fourth-order valence-corrected chi connectivity index (χ4v) is 3.77. The lowest BCUT2D eigenvalue weighted by Gasteiger charge is -2.39. The molecule has 0 aliphatic heterocycles. The van der Waals surface area contributed by atoms with Crippen molar-refractivity contribution < 1.29 is 19.1 Å². The number of benzene rings is 1. The molecule has 1 aromatic heterocycles. The number of para-hydroxylation sites is 1. The molecule has 0 bridgehead atoms. The number of aryl methyl sites for hydroxylation is 1. The number of carbonyl (C=O) groups is 2. The molecule has 1 aliphatic carbocycles. The van der Waals surface area contributed by atoms with Crippen LogP contribution in [0, 0.1) is 18.7 Å². The standard InChI is InChI=1S/C20H22FN3O4/c1-12-11-16(25)17(23-24(12)15-9-4-3-8-14(15)21)18(26)22-20(2)10-6-5-7-13(20)19(27)28/h3-4,8-9,11,13H,5-7,10H2,1-2H3,(H,22,26)(H,27,28). The molecule has 1 fully saturated rings. The minimum absolute atomic E-state index is 0.112. The molecule has 8 heteroatoms. The normalized spacial score (nSPS) is 21.9. The molecule has 148 valence electrons. The van der Waals surface area contributed by atoms with Gasteiger partial charge in [0.2, 0.25) is 5.43 Å². The van der Waals surface area contributed by atoms with Gasteiger partial charge in [-0.15, -0.1) is 0 Å². The Morgan fingerprint density at radius 3 is 2.71 bits per heavy atom. The molecule has 2 unspecified atom stereocenters. The number of carboxylic acid groups (broad SMARTS) is 1. The predicted molar refractivity (Wildman–Crippen MR) is 100.0 cm³/mol. The van der Waals surface area contributed by atoms with Crippen LogP contribution < -0.4 is 10.7 Å². The maximum absolute atomic E-state index is 14.2. The van der Waals surface area contributed by atoms with Gasteiger partial charge in [-0.05, 0) is 38.8 Å². The van der Waals surface area contributed by atoms with Crippen molar-refractivity contribution in [1.29, 1.82) is 0 Å².